The van der Waals surface area contributed by atoms with Gasteiger partial charge >= 0.3 is 18.0 Å². The molecule has 13 heteroatoms. The highest BCUT2D eigenvalue weighted by Gasteiger charge is 2.56. The predicted molar refractivity (Wildman–Crippen MR) is 130 cm³/mol. The van der Waals surface area contributed by atoms with Gasteiger partial charge in [0.05, 0.1) is 17.0 Å². The zero-order valence-corrected chi connectivity index (χ0v) is 20.4. The number of carbonyl (C=O) groups is 4. The van der Waals surface area contributed by atoms with E-state index in [-0.39, 0.29) is 31.2 Å². The summed E-state index contributed by atoms with van der Waals surface area (Å²) in [6.45, 7) is -0.0982. The maximum atomic E-state index is 13.7. The number of nitrogens with one attached hydrogen (secondary N) is 3. The lowest BCUT2D eigenvalue weighted by Crippen LogP contribution is -2.53. The van der Waals surface area contributed by atoms with E-state index in [1.54, 1.807) is 24.3 Å². The molecule has 202 valence electrons. The lowest BCUT2D eigenvalue weighted by molar-refractivity contribution is -0.141. The van der Waals surface area contributed by atoms with Gasteiger partial charge in [-0.05, 0) is 36.1 Å². The Labute approximate surface area is 220 Å². The molecule has 4 amide bonds. The number of amides is 4. The third kappa shape index (κ3) is 4.89. The van der Waals surface area contributed by atoms with Gasteiger partial charge in [0, 0.05) is 24.8 Å². The molecule has 0 bridgehead atoms. The van der Waals surface area contributed by atoms with Gasteiger partial charge in [-0.1, -0.05) is 31.0 Å². The highest BCUT2D eigenvalue weighted by atomic mass is 19.4. The van der Waals surface area contributed by atoms with Crippen molar-refractivity contribution >= 4 is 35.1 Å². The highest BCUT2D eigenvalue weighted by Crippen LogP contribution is 2.46. The second-order valence-corrected chi connectivity index (χ2v) is 9.95. The van der Waals surface area contributed by atoms with Crippen LogP contribution in [0, 0.1) is 17.2 Å². The Morgan fingerprint density at radius 1 is 1.18 bits per heavy atom. The Bertz CT molecular complexity index is 1400. The van der Waals surface area contributed by atoms with Crippen molar-refractivity contribution in [2.45, 2.75) is 49.4 Å². The highest BCUT2D eigenvalue weighted by molar-refractivity contribution is 6.40. The van der Waals surface area contributed by atoms with Crippen molar-refractivity contribution in [3.05, 3.63) is 53.7 Å². The third-order valence-corrected chi connectivity index (χ3v) is 7.34. The number of alkyl halides is 3. The van der Waals surface area contributed by atoms with Crippen molar-refractivity contribution in [2.24, 2.45) is 5.92 Å². The molecule has 10 nitrogen and oxygen atoms in total. The number of nitrogens with zero attached hydrogens (tertiary/aromatic N) is 3. The van der Waals surface area contributed by atoms with E-state index in [2.05, 4.69) is 21.7 Å². The van der Waals surface area contributed by atoms with Gasteiger partial charge in [0.15, 0.2) is 0 Å². The summed E-state index contributed by atoms with van der Waals surface area (Å²) in [5.74, 6) is -4.46. The minimum absolute atomic E-state index is 0.0581. The fourth-order valence-corrected chi connectivity index (χ4v) is 5.22. The normalized spacial score (nSPS) is 22.6. The van der Waals surface area contributed by atoms with Crippen LogP contribution in [-0.2, 0) is 30.8 Å². The molecule has 0 unspecified atom stereocenters. The molecule has 2 aromatic rings. The second kappa shape index (κ2) is 9.68. The number of rotatable bonds is 5. The van der Waals surface area contributed by atoms with Gasteiger partial charge in [-0.15, -0.1) is 0 Å². The van der Waals surface area contributed by atoms with Crippen LogP contribution in [0.5, 0.6) is 0 Å². The summed E-state index contributed by atoms with van der Waals surface area (Å²) in [6, 6.07) is 8.64. The molecule has 1 aliphatic carbocycles. The number of hydrogen-bond donors (Lipinski definition) is 3. The van der Waals surface area contributed by atoms with Crippen LogP contribution in [0.1, 0.15) is 36.8 Å². The molecule has 39 heavy (non-hydrogen) atoms. The number of halogens is 3. The molecule has 5 rings (SSSR count). The number of likely N-dealkylation sites (tertiary alicyclic amines) is 1. The third-order valence-electron chi connectivity index (χ3n) is 7.34. The number of aromatic nitrogens is 1. The Morgan fingerprint density at radius 3 is 2.62 bits per heavy atom. The summed E-state index contributed by atoms with van der Waals surface area (Å²) >= 11 is 0. The van der Waals surface area contributed by atoms with E-state index in [1.165, 1.54) is 4.90 Å². The van der Waals surface area contributed by atoms with Gasteiger partial charge in [0.2, 0.25) is 11.8 Å². The first kappa shape index (κ1) is 26.1. The minimum Gasteiger partial charge on any atom is -0.336 e. The lowest BCUT2D eigenvalue weighted by atomic mass is 9.80. The van der Waals surface area contributed by atoms with E-state index < -0.39 is 52.8 Å². The van der Waals surface area contributed by atoms with Crippen molar-refractivity contribution < 1.29 is 32.3 Å². The first-order valence-electron chi connectivity index (χ1n) is 12.3. The molecule has 3 atom stereocenters. The Kier molecular flexibility index (Phi) is 6.49. The van der Waals surface area contributed by atoms with Gasteiger partial charge in [-0.3, -0.25) is 19.2 Å². The number of nitriles is 1. The fourth-order valence-electron chi connectivity index (χ4n) is 5.22. The van der Waals surface area contributed by atoms with Gasteiger partial charge in [0.25, 0.3) is 0 Å². The number of hydrogen-bond acceptors (Lipinski definition) is 6. The smallest absolute Gasteiger partial charge is 0.336 e. The number of carbonyl (C=O) groups excluding carboxylic acids is 4. The Balaban J connectivity index is 1.35. The minimum atomic E-state index is -4.82. The summed E-state index contributed by atoms with van der Waals surface area (Å²) in [5.41, 5.74) is -1.10. The van der Waals surface area contributed by atoms with Crippen molar-refractivity contribution in [3.8, 4) is 6.07 Å². The molecule has 1 aromatic carbocycles. The average molecular weight is 541 g/mol. The van der Waals surface area contributed by atoms with Gasteiger partial charge in [-0.2, -0.15) is 18.4 Å². The van der Waals surface area contributed by atoms with E-state index in [0.717, 1.165) is 25.1 Å². The van der Waals surface area contributed by atoms with Crippen molar-refractivity contribution in [1.29, 1.82) is 5.26 Å². The maximum absolute atomic E-state index is 13.7. The molecular formula is C26H23F3N6O4. The van der Waals surface area contributed by atoms with Crippen molar-refractivity contribution in [1.82, 2.24) is 15.2 Å². The predicted octanol–water partition coefficient (Wildman–Crippen LogP) is 2.34. The van der Waals surface area contributed by atoms with Crippen LogP contribution < -0.4 is 16.0 Å². The summed E-state index contributed by atoms with van der Waals surface area (Å²) in [7, 11) is 0. The monoisotopic (exact) mass is 540 g/mol. The molecule has 1 saturated carbocycles. The Hall–Kier alpha value is -4.47. The molecule has 1 saturated heterocycles. The second-order valence-electron chi connectivity index (χ2n) is 9.95. The zero-order chi connectivity index (χ0) is 27.9. The fraction of sp³-hybridized carbons (Fsp3) is 0.385. The standard InChI is InChI=1S/C26H23F3N6O4/c27-26(28,29)17-5-3-9-31-20(17)34-22(37)21(36)32-19(10-14-7-8-14)23(38)35-13-25(11-15(35)12-30)16-4-1-2-6-18(16)33-24(25)39/h1-6,9,14-15,19H,7-8,10-11,13H2,(H,32,36)(H,33,39)(H,31,34,37)/t15-,19-,25-/m0/s1. The summed E-state index contributed by atoms with van der Waals surface area (Å²) in [6.07, 6.45) is -1.94. The molecule has 1 spiro atoms. The maximum Gasteiger partial charge on any atom is 0.419 e. The molecule has 3 aliphatic rings. The molecule has 3 N–H and O–H groups in total. The van der Waals surface area contributed by atoms with Crippen molar-refractivity contribution in [3.63, 3.8) is 0 Å². The van der Waals surface area contributed by atoms with Gasteiger partial charge in [0.1, 0.15) is 17.9 Å². The number of anilines is 2. The van der Waals surface area contributed by atoms with Crippen LogP contribution in [-0.4, -0.2) is 52.1 Å². The van der Waals surface area contributed by atoms with E-state index >= 15 is 0 Å². The number of para-hydroxylation sites is 1. The van der Waals surface area contributed by atoms with E-state index in [9.17, 15) is 37.6 Å². The van der Waals surface area contributed by atoms with Crippen molar-refractivity contribution in [2.75, 3.05) is 17.2 Å². The number of fused-ring (bicyclic) bond motifs is 2. The first-order chi connectivity index (χ1) is 18.5. The van der Waals surface area contributed by atoms with Gasteiger partial charge in [-0.25, -0.2) is 4.98 Å². The molecule has 2 aliphatic heterocycles. The first-order valence-corrected chi connectivity index (χ1v) is 12.3. The molecule has 2 fully saturated rings. The number of benzene rings is 1. The average Bonchev–Trinajstić information content (AvgIpc) is 3.57. The van der Waals surface area contributed by atoms with E-state index in [0.29, 0.717) is 17.3 Å². The summed E-state index contributed by atoms with van der Waals surface area (Å²) in [5, 5.41) is 16.8. The lowest BCUT2D eigenvalue weighted by Gasteiger charge is -2.27. The Morgan fingerprint density at radius 2 is 1.92 bits per heavy atom. The van der Waals surface area contributed by atoms with Crippen LogP contribution in [0.2, 0.25) is 0 Å². The summed E-state index contributed by atoms with van der Waals surface area (Å²) < 4.78 is 39.8. The molecule has 0 radical (unpaired) electrons. The summed E-state index contributed by atoms with van der Waals surface area (Å²) in [4.78, 5) is 56.7. The quantitative estimate of drug-likeness (QED) is 0.497. The van der Waals surface area contributed by atoms with Gasteiger partial charge < -0.3 is 20.9 Å². The SMILES string of the molecule is N#C[C@@H]1C[C@@]2(CN1C(=O)[C@H](CC1CC1)NC(=O)C(=O)Nc1ncccc1C(F)(F)F)C(=O)Nc1ccccc12. The number of pyridine rings is 1. The van der Waals surface area contributed by atoms with Crippen LogP contribution in [0.4, 0.5) is 24.7 Å². The molecular weight excluding hydrogens is 517 g/mol. The topological polar surface area (TPSA) is 144 Å². The zero-order valence-electron chi connectivity index (χ0n) is 20.4. The van der Waals surface area contributed by atoms with Crippen LogP contribution in [0.25, 0.3) is 0 Å². The molecule has 3 heterocycles. The van der Waals surface area contributed by atoms with Crippen LogP contribution >= 0.6 is 0 Å². The van der Waals surface area contributed by atoms with Crippen LogP contribution in [0.3, 0.4) is 0 Å². The largest absolute Gasteiger partial charge is 0.419 e. The molecule has 1 aromatic heterocycles. The van der Waals surface area contributed by atoms with Crippen LogP contribution in [0.15, 0.2) is 42.6 Å². The van der Waals surface area contributed by atoms with E-state index in [1.807, 2.05) is 5.32 Å². The van der Waals surface area contributed by atoms with E-state index in [4.69, 9.17) is 0 Å².